The first-order valence-corrected chi connectivity index (χ1v) is 8.72. The predicted molar refractivity (Wildman–Crippen MR) is 106 cm³/mol. The summed E-state index contributed by atoms with van der Waals surface area (Å²) in [5.74, 6) is 0.951. The quantitative estimate of drug-likeness (QED) is 0.572. The van der Waals surface area contributed by atoms with E-state index >= 15 is 0 Å². The Hall–Kier alpha value is -4.12. The van der Waals surface area contributed by atoms with Crippen molar-refractivity contribution in [3.63, 3.8) is 0 Å². The molecule has 4 aromatic heterocycles. The molecule has 8 nitrogen and oxygen atoms in total. The third kappa shape index (κ3) is 3.08. The molecule has 0 spiro atoms. The Labute approximate surface area is 166 Å². The Morgan fingerprint density at radius 2 is 1.97 bits per heavy atom. The number of rotatable bonds is 4. The lowest BCUT2D eigenvalue weighted by atomic mass is 10.1. The Balaban J connectivity index is 1.87. The first-order valence-electron chi connectivity index (χ1n) is 8.72. The zero-order valence-electron chi connectivity index (χ0n) is 16.0. The number of methoxy groups -OCH3 is 2. The van der Waals surface area contributed by atoms with Crippen LogP contribution in [0.1, 0.15) is 11.3 Å². The van der Waals surface area contributed by atoms with Gasteiger partial charge in [-0.2, -0.15) is 5.26 Å². The molecule has 1 N–H and O–H groups in total. The molecule has 0 amide bonds. The van der Waals surface area contributed by atoms with Crippen molar-refractivity contribution in [3.05, 3.63) is 54.1 Å². The third-order valence-electron chi connectivity index (χ3n) is 4.61. The van der Waals surface area contributed by atoms with Gasteiger partial charge in [0, 0.05) is 24.2 Å². The van der Waals surface area contributed by atoms with Gasteiger partial charge in [0.05, 0.1) is 36.5 Å². The average Bonchev–Trinajstić information content (AvgIpc) is 3.10. The van der Waals surface area contributed by atoms with Gasteiger partial charge in [-0.3, -0.25) is 4.57 Å². The Morgan fingerprint density at radius 3 is 2.69 bits per heavy atom. The SMILES string of the molecule is COc1cc(-c2cc(C)c3c(O)n(-c4ccnc(C#N)c4)cc3n2)cnc1OC. The van der Waals surface area contributed by atoms with Crippen LogP contribution in [-0.4, -0.2) is 38.8 Å². The van der Waals surface area contributed by atoms with Crippen molar-refractivity contribution < 1.29 is 14.6 Å². The van der Waals surface area contributed by atoms with Crippen LogP contribution in [0.5, 0.6) is 17.5 Å². The monoisotopic (exact) mass is 387 g/mol. The van der Waals surface area contributed by atoms with Crippen molar-refractivity contribution in [1.82, 2.24) is 19.5 Å². The summed E-state index contributed by atoms with van der Waals surface area (Å²) in [5, 5.41) is 20.5. The van der Waals surface area contributed by atoms with Gasteiger partial charge in [0.2, 0.25) is 5.88 Å². The summed E-state index contributed by atoms with van der Waals surface area (Å²) in [6.45, 7) is 1.90. The van der Waals surface area contributed by atoms with Gasteiger partial charge in [-0.1, -0.05) is 0 Å². The lowest BCUT2D eigenvalue weighted by Crippen LogP contribution is -1.95. The number of nitrogens with zero attached hydrogens (tertiary/aromatic N) is 5. The molecule has 29 heavy (non-hydrogen) atoms. The summed E-state index contributed by atoms with van der Waals surface area (Å²) < 4.78 is 12.1. The Morgan fingerprint density at radius 1 is 1.14 bits per heavy atom. The molecule has 0 fully saturated rings. The van der Waals surface area contributed by atoms with Crippen LogP contribution in [-0.2, 0) is 0 Å². The molecular weight excluding hydrogens is 370 g/mol. The molecule has 0 saturated heterocycles. The fourth-order valence-corrected chi connectivity index (χ4v) is 3.23. The fraction of sp³-hybridized carbons (Fsp3) is 0.143. The van der Waals surface area contributed by atoms with E-state index in [4.69, 9.17) is 14.7 Å². The number of fused-ring (bicyclic) bond motifs is 1. The lowest BCUT2D eigenvalue weighted by Gasteiger charge is -2.09. The predicted octanol–water partition coefficient (Wildman–Crippen LogP) is 3.39. The van der Waals surface area contributed by atoms with Crippen molar-refractivity contribution in [2.75, 3.05) is 14.2 Å². The van der Waals surface area contributed by atoms with Gasteiger partial charge < -0.3 is 14.6 Å². The lowest BCUT2D eigenvalue weighted by molar-refractivity contribution is 0.343. The normalized spacial score (nSPS) is 10.7. The second-order valence-electron chi connectivity index (χ2n) is 6.35. The number of aromatic hydroxyl groups is 1. The van der Waals surface area contributed by atoms with E-state index < -0.39 is 0 Å². The summed E-state index contributed by atoms with van der Waals surface area (Å²) >= 11 is 0. The summed E-state index contributed by atoms with van der Waals surface area (Å²) in [6, 6.07) is 9.00. The van der Waals surface area contributed by atoms with E-state index in [9.17, 15) is 5.11 Å². The second kappa shape index (κ2) is 7.13. The molecule has 0 aliphatic carbocycles. The standard InChI is InChI=1S/C21H17N5O3/c1-12-6-16(13-7-18(28-2)20(29-3)24-10-13)25-17-11-26(21(27)19(12)17)15-4-5-23-14(8-15)9-22/h4-8,10-11,27H,1-3H3. The molecule has 0 unspecified atom stereocenters. The minimum absolute atomic E-state index is 0.0528. The van der Waals surface area contributed by atoms with Crippen LogP contribution in [0.15, 0.2) is 42.9 Å². The van der Waals surface area contributed by atoms with E-state index in [-0.39, 0.29) is 11.6 Å². The molecule has 0 aliphatic rings. The van der Waals surface area contributed by atoms with Crippen molar-refractivity contribution in [2.24, 2.45) is 0 Å². The van der Waals surface area contributed by atoms with Crippen LogP contribution in [0.3, 0.4) is 0 Å². The maximum absolute atomic E-state index is 10.8. The van der Waals surface area contributed by atoms with E-state index in [1.54, 1.807) is 42.3 Å². The van der Waals surface area contributed by atoms with E-state index in [1.165, 1.54) is 13.3 Å². The third-order valence-corrected chi connectivity index (χ3v) is 4.61. The molecule has 0 bridgehead atoms. The minimum Gasteiger partial charge on any atom is -0.494 e. The molecule has 144 valence electrons. The summed E-state index contributed by atoms with van der Waals surface area (Å²) in [4.78, 5) is 12.9. The maximum Gasteiger partial charge on any atom is 0.256 e. The number of hydrogen-bond acceptors (Lipinski definition) is 7. The van der Waals surface area contributed by atoms with Gasteiger partial charge in [-0.25, -0.2) is 15.0 Å². The van der Waals surface area contributed by atoms with Crippen molar-refractivity contribution in [3.8, 4) is 40.5 Å². The van der Waals surface area contributed by atoms with Crippen LogP contribution in [0.2, 0.25) is 0 Å². The maximum atomic E-state index is 10.8. The van der Waals surface area contributed by atoms with Gasteiger partial charge in [0.1, 0.15) is 11.8 Å². The number of hydrogen-bond donors (Lipinski definition) is 1. The number of pyridine rings is 3. The molecular formula is C21H17N5O3. The summed E-state index contributed by atoms with van der Waals surface area (Å²) in [6.07, 6.45) is 4.92. The van der Waals surface area contributed by atoms with Gasteiger partial charge in [0.25, 0.3) is 5.88 Å². The molecule has 0 aliphatic heterocycles. The van der Waals surface area contributed by atoms with E-state index in [0.717, 1.165) is 11.1 Å². The zero-order chi connectivity index (χ0) is 20.5. The number of aromatic nitrogens is 4. The van der Waals surface area contributed by atoms with Crippen LogP contribution in [0, 0.1) is 18.3 Å². The zero-order valence-corrected chi connectivity index (χ0v) is 16.0. The summed E-state index contributed by atoms with van der Waals surface area (Å²) in [7, 11) is 3.08. The van der Waals surface area contributed by atoms with Crippen LogP contribution in [0.25, 0.3) is 27.8 Å². The summed E-state index contributed by atoms with van der Waals surface area (Å²) in [5.41, 5.74) is 3.80. The van der Waals surface area contributed by atoms with E-state index in [0.29, 0.717) is 33.9 Å². The topological polar surface area (TPSA) is 106 Å². The molecule has 0 radical (unpaired) electrons. The van der Waals surface area contributed by atoms with Crippen molar-refractivity contribution >= 4 is 10.9 Å². The molecule has 4 heterocycles. The molecule has 8 heteroatoms. The number of ether oxygens (including phenoxy) is 2. The number of nitriles is 1. The molecule has 4 rings (SSSR count). The second-order valence-corrected chi connectivity index (χ2v) is 6.35. The largest absolute Gasteiger partial charge is 0.494 e. The van der Waals surface area contributed by atoms with Crippen LogP contribution in [0.4, 0.5) is 0 Å². The van der Waals surface area contributed by atoms with Gasteiger partial charge >= 0.3 is 0 Å². The van der Waals surface area contributed by atoms with Crippen LogP contribution >= 0.6 is 0 Å². The highest BCUT2D eigenvalue weighted by Gasteiger charge is 2.16. The Kier molecular flexibility index (Phi) is 4.49. The molecule has 0 atom stereocenters. The van der Waals surface area contributed by atoms with Gasteiger partial charge in [0.15, 0.2) is 5.75 Å². The highest BCUT2D eigenvalue weighted by atomic mass is 16.5. The number of aryl methyl sites for hydroxylation is 1. The fourth-order valence-electron chi connectivity index (χ4n) is 3.23. The smallest absolute Gasteiger partial charge is 0.256 e. The van der Waals surface area contributed by atoms with Gasteiger partial charge in [-0.05, 0) is 36.8 Å². The minimum atomic E-state index is 0.0528. The van der Waals surface area contributed by atoms with Gasteiger partial charge in [-0.15, -0.1) is 0 Å². The first kappa shape index (κ1) is 18.3. The average molecular weight is 387 g/mol. The van der Waals surface area contributed by atoms with Crippen molar-refractivity contribution in [2.45, 2.75) is 6.92 Å². The Bertz CT molecular complexity index is 1270. The van der Waals surface area contributed by atoms with Crippen LogP contribution < -0.4 is 9.47 Å². The molecule has 0 aromatic carbocycles. The molecule has 4 aromatic rings. The van der Waals surface area contributed by atoms with E-state index in [2.05, 4.69) is 15.0 Å². The first-order chi connectivity index (χ1) is 14.0. The molecule has 0 saturated carbocycles. The highest BCUT2D eigenvalue weighted by molar-refractivity contribution is 5.90. The van der Waals surface area contributed by atoms with Crippen molar-refractivity contribution in [1.29, 1.82) is 5.26 Å². The highest BCUT2D eigenvalue weighted by Crippen LogP contribution is 2.35. The van der Waals surface area contributed by atoms with E-state index in [1.807, 2.05) is 19.1 Å².